The van der Waals surface area contributed by atoms with Gasteiger partial charge in [0.2, 0.25) is 0 Å². The van der Waals surface area contributed by atoms with Crippen molar-refractivity contribution in [2.75, 3.05) is 52.9 Å². The van der Waals surface area contributed by atoms with Crippen LogP contribution in [0.2, 0.25) is 0 Å². The Bertz CT molecular complexity index is 6930. The number of fused-ring (bicyclic) bond motifs is 3. The number of benzene rings is 3. The third-order valence-electron chi connectivity index (χ3n) is 20.5. The zero-order valence-electron chi connectivity index (χ0n) is 89.7. The molecular formula is C112H128N6O16S15. The maximum absolute atomic E-state index is 9.82. The molecule has 0 aliphatic carbocycles. The normalized spacial score (nSPS) is 10.4. The second kappa shape index (κ2) is 61.1. The number of nitrogens with zero attached hydrogens (tertiary/aromatic N) is 6. The summed E-state index contributed by atoms with van der Waals surface area (Å²) >= 11 is 26.3. The molecule has 792 valence electrons. The molecule has 15 aromatic heterocycles. The van der Waals surface area contributed by atoms with Gasteiger partial charge in [-0.1, -0.05) is 36.4 Å². The summed E-state index contributed by atoms with van der Waals surface area (Å²) in [7, 11) is 0. The van der Waals surface area contributed by atoms with Crippen molar-refractivity contribution in [2.24, 2.45) is 0 Å². The van der Waals surface area contributed by atoms with Crippen molar-refractivity contribution in [3.8, 4) is 121 Å². The maximum atomic E-state index is 9.82. The minimum absolute atomic E-state index is 0.211. The second-order valence-corrected chi connectivity index (χ2v) is 48.4. The highest BCUT2D eigenvalue weighted by Gasteiger charge is 2.26. The quantitative estimate of drug-likeness (QED) is 0.0506. The van der Waals surface area contributed by atoms with Gasteiger partial charge >= 0.3 is 47.8 Å². The van der Waals surface area contributed by atoms with Gasteiger partial charge in [0.1, 0.15) is 33.1 Å². The first-order valence-electron chi connectivity index (χ1n) is 47.8. The lowest BCUT2D eigenvalue weighted by molar-refractivity contribution is -0.141. The third-order valence-corrected chi connectivity index (χ3v) is 37.0. The van der Waals surface area contributed by atoms with Crippen LogP contribution >= 0.6 is 171 Å². The van der Waals surface area contributed by atoms with Crippen molar-refractivity contribution >= 4 is 252 Å². The van der Waals surface area contributed by atoms with Crippen LogP contribution in [0.15, 0.2) is 133 Å². The molecule has 18 rings (SSSR count). The minimum Gasteiger partial charge on any atom is -0.466 e. The van der Waals surface area contributed by atoms with Crippen molar-refractivity contribution in [1.29, 1.82) is 0 Å². The van der Waals surface area contributed by atoms with E-state index in [0.29, 0.717) is 52.9 Å². The minimum atomic E-state index is -0.211. The van der Waals surface area contributed by atoms with Crippen LogP contribution < -0.4 is 0 Å². The monoisotopic (exact) mass is 2290 g/mol. The topological polar surface area (TPSA) is 288 Å². The molecule has 0 N–H and O–H groups in total. The van der Waals surface area contributed by atoms with Crippen LogP contribution in [-0.4, -0.2) is 127 Å². The summed E-state index contributed by atoms with van der Waals surface area (Å²) in [4.78, 5) is 111. The van der Waals surface area contributed by atoms with Crippen molar-refractivity contribution < 1.29 is 76.3 Å². The van der Waals surface area contributed by atoms with Crippen molar-refractivity contribution in [2.45, 2.75) is 208 Å². The molecule has 0 fully saturated rings. The van der Waals surface area contributed by atoms with Gasteiger partial charge < -0.3 is 37.9 Å². The Morgan fingerprint density at radius 2 is 0.342 bits per heavy atom. The molecule has 0 amide bonds. The van der Waals surface area contributed by atoms with E-state index in [-0.39, 0.29) is 47.8 Å². The SMILES string of the molecule is CCOC(C)=O.CCOC(C)=O.CCOC(C)=O.CCOC(C)=O.CCOC(C)=O.CCOC(C)=O.CCOC(C)=O.CCOC(C)=O.Cc1cc(C)c(-c2ccc(-c3ccc(-c4ccc(-c5sc(C)cc5C)s4)c4nsnc34)s2)s1.Cc1cc(C)c(-c2sc(-c3ccc(-c4cc(C)c(-c5sc(C)cc5C)s4)c4nsnc34)cc2C)s1.Cc1ccc(-c2sc(-c3ccc(-c4cc(C)c(-c5ccc(C)s5)s4)c4nsnc34)cc2C)s1. The standard InChI is InChI=1S/C28H24N2S5.2C26H20N2S5.8C4H8O2/c1-13-9-17(5)31-25(13)27-15(3)11-21(33-27)19-7-8-20(24-23(19)29-35-30-24)22-12-16(4)28(34-22)26-14(2)10-18(6)32-26;1-13-11-21(31-25(13)19-9-5-15(3)29-19)17-7-8-18(24-23(17)27-33-28-24)22-12-14(2)26(32-22)20-10-6-16(4)30-20;1-13-11-15(3)29-25(13)21-9-7-19(31-21)17-5-6-18(24-23(17)27-33-28-24)20-8-10-22(32-20)26-14(2)12-16(4)30-26;8*1-3-6-4(2)5/h7-12H,1-6H3;2*5-12H,1-4H3;8*3H2,1-2H3. The number of hydrogen-bond donors (Lipinski definition) is 0. The molecule has 0 bridgehead atoms. The molecule has 0 atom stereocenters. The lowest BCUT2D eigenvalue weighted by Crippen LogP contribution is -1.95. The molecule has 0 saturated carbocycles. The Labute approximate surface area is 934 Å². The van der Waals surface area contributed by atoms with Crippen LogP contribution in [0.1, 0.15) is 185 Å². The summed E-state index contributed by atoms with van der Waals surface area (Å²) in [5, 5.41) is 0. The van der Waals surface area contributed by atoms with Gasteiger partial charge in [0.25, 0.3) is 0 Å². The number of thiophene rings is 12. The Kier molecular flexibility index (Phi) is 50.6. The van der Waals surface area contributed by atoms with E-state index in [4.69, 9.17) is 26.2 Å². The fourth-order valence-corrected chi connectivity index (χ4v) is 30.3. The highest BCUT2D eigenvalue weighted by Crippen LogP contribution is 2.52. The molecule has 18 aromatic rings. The number of ether oxygens (including phenoxy) is 8. The molecular weight excluding hydrogens is 2170 g/mol. The molecule has 0 spiro atoms. The van der Waals surface area contributed by atoms with E-state index < -0.39 is 0 Å². The highest BCUT2D eigenvalue weighted by atomic mass is 32.2. The first-order chi connectivity index (χ1) is 70.9. The molecule has 37 heteroatoms. The Morgan fingerprint density at radius 1 is 0.181 bits per heavy atom. The molecule has 0 aliphatic rings. The van der Waals surface area contributed by atoms with Crippen LogP contribution in [0.5, 0.6) is 0 Å². The van der Waals surface area contributed by atoms with Crippen molar-refractivity contribution in [3.63, 3.8) is 0 Å². The molecule has 0 aliphatic heterocycles. The molecule has 15 heterocycles. The van der Waals surface area contributed by atoms with Gasteiger partial charge in [0, 0.05) is 206 Å². The first kappa shape index (κ1) is 123. The zero-order valence-corrected chi connectivity index (χ0v) is 102. The lowest BCUT2D eigenvalue weighted by atomic mass is 10.0. The van der Waals surface area contributed by atoms with E-state index in [0.717, 1.165) is 33.1 Å². The molecule has 0 radical (unpaired) electrons. The number of rotatable bonds is 20. The lowest BCUT2D eigenvalue weighted by Gasteiger charge is -2.03. The predicted octanol–water partition coefficient (Wildman–Crippen LogP) is 34.7. The molecule has 0 saturated heterocycles. The molecule has 149 heavy (non-hydrogen) atoms. The van der Waals surface area contributed by atoms with Crippen LogP contribution in [0.4, 0.5) is 0 Å². The molecule has 22 nitrogen and oxygen atoms in total. The Hall–Kier alpha value is -10.7. The van der Waals surface area contributed by atoms with Crippen LogP contribution in [0.25, 0.3) is 154 Å². The molecule has 0 unspecified atom stereocenters. The van der Waals surface area contributed by atoms with Crippen molar-refractivity contribution in [3.05, 3.63) is 207 Å². The maximum Gasteiger partial charge on any atom is 0.302 e. The van der Waals surface area contributed by atoms with Gasteiger partial charge in [-0.15, -0.1) is 136 Å². The number of aryl methyl sites for hydroxylation is 14. The van der Waals surface area contributed by atoms with Gasteiger partial charge in [0.05, 0.1) is 88.0 Å². The van der Waals surface area contributed by atoms with Crippen molar-refractivity contribution in [1.82, 2.24) is 26.2 Å². The summed E-state index contributed by atoms with van der Waals surface area (Å²) in [5.41, 5.74) is 23.8. The summed E-state index contributed by atoms with van der Waals surface area (Å²) in [6.45, 7) is 60.0. The van der Waals surface area contributed by atoms with Gasteiger partial charge in [0.15, 0.2) is 0 Å². The summed E-state index contributed by atoms with van der Waals surface area (Å²) < 4.78 is 63.7. The highest BCUT2D eigenvalue weighted by molar-refractivity contribution is 7.27. The fourth-order valence-electron chi connectivity index (χ4n) is 14.6. The summed E-state index contributed by atoms with van der Waals surface area (Å²) in [5.74, 6) is -1.69. The summed E-state index contributed by atoms with van der Waals surface area (Å²) in [6.07, 6.45) is 0. The van der Waals surface area contributed by atoms with Gasteiger partial charge in [-0.3, -0.25) is 38.4 Å². The Balaban J connectivity index is 0.000000223. The van der Waals surface area contributed by atoms with Crippen LogP contribution in [0, 0.1) is 96.9 Å². The number of hydrogen-bond acceptors (Lipinski definition) is 37. The predicted molar refractivity (Wildman–Crippen MR) is 637 cm³/mol. The largest absolute Gasteiger partial charge is 0.466 e. The van der Waals surface area contributed by atoms with E-state index >= 15 is 0 Å². The average Bonchev–Trinajstić information content (AvgIpc) is 1.51. The van der Waals surface area contributed by atoms with Crippen LogP contribution in [-0.2, 0) is 76.3 Å². The van der Waals surface area contributed by atoms with E-state index in [1.54, 1.807) is 55.4 Å². The van der Waals surface area contributed by atoms with E-state index in [2.05, 4.69) is 268 Å². The van der Waals surface area contributed by atoms with Gasteiger partial charge in [-0.05, 0) is 294 Å². The fraction of sp³-hybridized carbons (Fsp3) is 0.339. The summed E-state index contributed by atoms with van der Waals surface area (Å²) in [6, 6.07) is 49.6. The molecule has 3 aromatic carbocycles. The smallest absolute Gasteiger partial charge is 0.302 e. The van der Waals surface area contributed by atoms with E-state index in [1.165, 1.54) is 286 Å². The number of carbonyl (C=O) groups is 8. The second-order valence-electron chi connectivity index (χ2n) is 32.9. The number of aromatic nitrogens is 6. The van der Waals surface area contributed by atoms with E-state index in [1.807, 2.05) is 136 Å². The van der Waals surface area contributed by atoms with Gasteiger partial charge in [-0.2, -0.15) is 26.2 Å². The number of carbonyl (C=O) groups excluding carboxylic acids is 8. The zero-order chi connectivity index (χ0) is 110. The Morgan fingerprint density at radius 3 is 0.523 bits per heavy atom. The van der Waals surface area contributed by atoms with E-state index in [9.17, 15) is 38.4 Å². The van der Waals surface area contributed by atoms with Crippen LogP contribution in [0.3, 0.4) is 0 Å². The van der Waals surface area contributed by atoms with Gasteiger partial charge in [-0.25, -0.2) is 0 Å². The third kappa shape index (κ3) is 36.5. The average molecular weight is 2300 g/mol. The first-order valence-corrected chi connectivity index (χ1v) is 59.8. The number of esters is 8.